The van der Waals surface area contributed by atoms with E-state index in [2.05, 4.69) is 41.1 Å². The Morgan fingerprint density at radius 1 is 1.25 bits per heavy atom. The second-order valence-corrected chi connectivity index (χ2v) is 5.58. The fourth-order valence-corrected chi connectivity index (χ4v) is 2.91. The second-order valence-electron chi connectivity index (χ2n) is 5.58. The highest BCUT2D eigenvalue weighted by molar-refractivity contribution is 5.58. The molecule has 0 unspecified atom stereocenters. The van der Waals surface area contributed by atoms with Crippen LogP contribution in [0.25, 0.3) is 0 Å². The van der Waals surface area contributed by atoms with E-state index in [9.17, 15) is 0 Å². The number of pyridine rings is 1. The van der Waals surface area contributed by atoms with Crippen molar-refractivity contribution in [2.24, 2.45) is 0 Å². The SMILES string of the molecule is Cc1cnc(CN2CCCc3ccccc32)c(C)c1N. The zero-order valence-electron chi connectivity index (χ0n) is 12.2. The van der Waals surface area contributed by atoms with Crippen molar-refractivity contribution < 1.29 is 0 Å². The molecule has 20 heavy (non-hydrogen) atoms. The van der Waals surface area contributed by atoms with E-state index in [1.54, 1.807) is 0 Å². The number of hydrogen-bond acceptors (Lipinski definition) is 3. The topological polar surface area (TPSA) is 42.2 Å². The highest BCUT2D eigenvalue weighted by atomic mass is 15.1. The van der Waals surface area contributed by atoms with E-state index in [-0.39, 0.29) is 0 Å². The minimum absolute atomic E-state index is 0.841. The third-order valence-electron chi connectivity index (χ3n) is 4.22. The van der Waals surface area contributed by atoms with Crippen LogP contribution in [-0.2, 0) is 13.0 Å². The second kappa shape index (κ2) is 5.16. The molecule has 0 amide bonds. The molecule has 3 heteroatoms. The predicted molar refractivity (Wildman–Crippen MR) is 83.9 cm³/mol. The summed E-state index contributed by atoms with van der Waals surface area (Å²) in [6.45, 7) is 6.01. The van der Waals surface area contributed by atoms with Crippen molar-refractivity contribution in [3.8, 4) is 0 Å². The summed E-state index contributed by atoms with van der Waals surface area (Å²) in [6, 6.07) is 8.67. The molecule has 3 rings (SSSR count). The minimum atomic E-state index is 0.841. The van der Waals surface area contributed by atoms with Crippen molar-refractivity contribution in [2.45, 2.75) is 33.2 Å². The van der Waals surface area contributed by atoms with Gasteiger partial charge in [-0.05, 0) is 49.4 Å². The molecule has 0 saturated carbocycles. The van der Waals surface area contributed by atoms with Gasteiger partial charge in [0.15, 0.2) is 0 Å². The highest BCUT2D eigenvalue weighted by Gasteiger charge is 2.18. The van der Waals surface area contributed by atoms with E-state index in [1.165, 1.54) is 24.1 Å². The van der Waals surface area contributed by atoms with Crippen LogP contribution in [0.15, 0.2) is 30.5 Å². The number of nitrogens with zero attached hydrogens (tertiary/aromatic N) is 2. The first-order chi connectivity index (χ1) is 9.66. The van der Waals surface area contributed by atoms with Gasteiger partial charge < -0.3 is 10.6 Å². The molecule has 1 aromatic carbocycles. The summed E-state index contributed by atoms with van der Waals surface area (Å²) >= 11 is 0. The quantitative estimate of drug-likeness (QED) is 0.908. The summed E-state index contributed by atoms with van der Waals surface area (Å²) < 4.78 is 0. The Labute approximate surface area is 120 Å². The maximum Gasteiger partial charge on any atom is 0.0646 e. The molecule has 0 aliphatic carbocycles. The van der Waals surface area contributed by atoms with Gasteiger partial charge in [0.2, 0.25) is 0 Å². The van der Waals surface area contributed by atoms with Gasteiger partial charge in [-0.25, -0.2) is 0 Å². The first-order valence-corrected chi connectivity index (χ1v) is 7.20. The maximum atomic E-state index is 6.12. The van der Waals surface area contributed by atoms with E-state index in [4.69, 9.17) is 5.73 Å². The normalized spacial score (nSPS) is 14.2. The van der Waals surface area contributed by atoms with Gasteiger partial charge in [0.25, 0.3) is 0 Å². The highest BCUT2D eigenvalue weighted by Crippen LogP contribution is 2.29. The number of aromatic nitrogens is 1. The Hall–Kier alpha value is -2.03. The molecular weight excluding hydrogens is 246 g/mol. The molecule has 2 heterocycles. The fraction of sp³-hybridized carbons (Fsp3) is 0.353. The average Bonchev–Trinajstić information content (AvgIpc) is 2.48. The van der Waals surface area contributed by atoms with Crippen LogP contribution >= 0.6 is 0 Å². The van der Waals surface area contributed by atoms with Gasteiger partial charge in [0.1, 0.15) is 0 Å². The van der Waals surface area contributed by atoms with Crippen LogP contribution in [0.1, 0.15) is 28.8 Å². The van der Waals surface area contributed by atoms with Crippen molar-refractivity contribution >= 4 is 11.4 Å². The Kier molecular flexibility index (Phi) is 3.35. The summed E-state index contributed by atoms with van der Waals surface area (Å²) in [7, 11) is 0. The van der Waals surface area contributed by atoms with Crippen molar-refractivity contribution in [1.82, 2.24) is 4.98 Å². The molecule has 0 bridgehead atoms. The van der Waals surface area contributed by atoms with Gasteiger partial charge in [-0.15, -0.1) is 0 Å². The van der Waals surface area contributed by atoms with E-state index in [0.717, 1.165) is 35.6 Å². The Morgan fingerprint density at radius 2 is 2.05 bits per heavy atom. The number of hydrogen-bond donors (Lipinski definition) is 1. The smallest absolute Gasteiger partial charge is 0.0646 e. The molecule has 2 N–H and O–H groups in total. The zero-order chi connectivity index (χ0) is 14.1. The summed E-state index contributed by atoms with van der Waals surface area (Å²) in [5.41, 5.74) is 13.1. The van der Waals surface area contributed by atoms with Crippen molar-refractivity contribution in [1.29, 1.82) is 0 Å². The lowest BCUT2D eigenvalue weighted by molar-refractivity contribution is 0.682. The third kappa shape index (κ3) is 2.24. The number of nitrogen functional groups attached to an aromatic ring is 1. The van der Waals surface area contributed by atoms with Crippen molar-refractivity contribution in [2.75, 3.05) is 17.2 Å². The number of aryl methyl sites for hydroxylation is 2. The van der Waals surface area contributed by atoms with Gasteiger partial charge in [-0.3, -0.25) is 4.98 Å². The van der Waals surface area contributed by atoms with Crippen LogP contribution in [0.5, 0.6) is 0 Å². The molecule has 0 saturated heterocycles. The number of rotatable bonds is 2. The largest absolute Gasteiger partial charge is 0.398 e. The van der Waals surface area contributed by atoms with E-state index in [1.807, 2.05) is 13.1 Å². The van der Waals surface area contributed by atoms with Gasteiger partial charge in [0.05, 0.1) is 12.2 Å². The van der Waals surface area contributed by atoms with Crippen LogP contribution in [0.4, 0.5) is 11.4 Å². The van der Waals surface area contributed by atoms with Gasteiger partial charge in [-0.1, -0.05) is 18.2 Å². The Bertz CT molecular complexity index is 634. The number of fused-ring (bicyclic) bond motifs is 1. The van der Waals surface area contributed by atoms with Gasteiger partial charge >= 0.3 is 0 Å². The lowest BCUT2D eigenvalue weighted by atomic mass is 10.0. The summed E-state index contributed by atoms with van der Waals surface area (Å²) in [6.07, 6.45) is 4.26. The minimum Gasteiger partial charge on any atom is -0.398 e. The molecule has 1 aromatic heterocycles. The average molecular weight is 267 g/mol. The number of para-hydroxylation sites is 1. The molecule has 0 spiro atoms. The summed E-state index contributed by atoms with van der Waals surface area (Å²) in [5, 5.41) is 0. The van der Waals surface area contributed by atoms with E-state index >= 15 is 0 Å². The van der Waals surface area contributed by atoms with Crippen molar-refractivity contribution in [3.63, 3.8) is 0 Å². The monoisotopic (exact) mass is 267 g/mol. The molecule has 1 aliphatic heterocycles. The lowest BCUT2D eigenvalue weighted by Crippen LogP contribution is -2.29. The van der Waals surface area contributed by atoms with Crippen molar-refractivity contribution in [3.05, 3.63) is 52.8 Å². The molecule has 2 aromatic rings. The number of nitrogens with two attached hydrogens (primary N) is 1. The molecule has 0 radical (unpaired) electrons. The Morgan fingerprint density at radius 3 is 2.90 bits per heavy atom. The fourth-order valence-electron chi connectivity index (χ4n) is 2.91. The van der Waals surface area contributed by atoms with Gasteiger partial charge in [-0.2, -0.15) is 0 Å². The summed E-state index contributed by atoms with van der Waals surface area (Å²) in [4.78, 5) is 7.00. The Balaban J connectivity index is 1.92. The molecule has 0 atom stereocenters. The summed E-state index contributed by atoms with van der Waals surface area (Å²) in [5.74, 6) is 0. The van der Waals surface area contributed by atoms with E-state index < -0.39 is 0 Å². The first-order valence-electron chi connectivity index (χ1n) is 7.20. The molecule has 3 nitrogen and oxygen atoms in total. The van der Waals surface area contributed by atoms with Gasteiger partial charge in [0, 0.05) is 24.1 Å². The lowest BCUT2D eigenvalue weighted by Gasteiger charge is -2.31. The van der Waals surface area contributed by atoms with Crippen LogP contribution in [-0.4, -0.2) is 11.5 Å². The van der Waals surface area contributed by atoms with Crippen LogP contribution in [0.3, 0.4) is 0 Å². The first kappa shape index (κ1) is 13.0. The van der Waals surface area contributed by atoms with Crippen LogP contribution < -0.4 is 10.6 Å². The third-order valence-corrected chi connectivity index (χ3v) is 4.22. The standard InChI is InChI=1S/C17H21N3/c1-12-10-19-15(13(2)17(12)18)11-20-9-5-7-14-6-3-4-8-16(14)20/h3-4,6,8,10H,5,7,9,11H2,1-2H3,(H2,18,19). The number of anilines is 2. The molecule has 0 fully saturated rings. The number of benzene rings is 1. The molecular formula is C17H21N3. The molecule has 104 valence electrons. The van der Waals surface area contributed by atoms with E-state index in [0.29, 0.717) is 0 Å². The molecule has 1 aliphatic rings. The predicted octanol–water partition coefficient (Wildman–Crippen LogP) is 3.23. The van der Waals surface area contributed by atoms with Crippen LogP contribution in [0, 0.1) is 13.8 Å². The maximum absolute atomic E-state index is 6.12. The van der Waals surface area contributed by atoms with Crippen LogP contribution in [0.2, 0.25) is 0 Å². The zero-order valence-corrected chi connectivity index (χ0v) is 12.2.